The molecule has 2 aromatic carbocycles. The van der Waals surface area contributed by atoms with Gasteiger partial charge in [-0.1, -0.05) is 30.7 Å². The molecule has 1 heterocycles. The summed E-state index contributed by atoms with van der Waals surface area (Å²) in [6, 6.07) is 12.2. The Kier molecular flexibility index (Phi) is 5.74. The van der Waals surface area contributed by atoms with Crippen molar-refractivity contribution in [2.45, 2.75) is 23.5 Å². The minimum absolute atomic E-state index is 0.261. The van der Waals surface area contributed by atoms with Crippen LogP contribution in [0.15, 0.2) is 47.4 Å². The molecule has 2 amide bonds. The fraction of sp³-hybridized carbons (Fsp3) is 0.263. The minimum atomic E-state index is -0.530. The van der Waals surface area contributed by atoms with Crippen molar-refractivity contribution in [3.63, 3.8) is 0 Å². The normalized spacial score (nSPS) is 16.0. The van der Waals surface area contributed by atoms with Crippen LogP contribution in [-0.4, -0.2) is 30.9 Å². The van der Waals surface area contributed by atoms with Gasteiger partial charge < -0.3 is 10.1 Å². The summed E-state index contributed by atoms with van der Waals surface area (Å²) >= 11 is 7.82. The van der Waals surface area contributed by atoms with Crippen LogP contribution in [0.25, 0.3) is 0 Å². The number of thioether (sulfide) groups is 1. The number of carbonyl (C=O) groups excluding carboxylic acids is 2. The lowest BCUT2D eigenvalue weighted by molar-refractivity contribution is 0.0602. The number of rotatable bonds is 3. The lowest BCUT2D eigenvalue weighted by Gasteiger charge is -2.33. The molecule has 7 heteroatoms. The van der Waals surface area contributed by atoms with Crippen LogP contribution >= 0.6 is 23.4 Å². The number of nitrogens with one attached hydrogen (secondary N) is 1. The zero-order valence-electron chi connectivity index (χ0n) is 14.5. The smallest absolute Gasteiger partial charge is 0.339 e. The van der Waals surface area contributed by atoms with Crippen LogP contribution in [0.4, 0.5) is 16.2 Å². The summed E-state index contributed by atoms with van der Waals surface area (Å²) in [6.07, 6.45) is 0.952. The first kappa shape index (κ1) is 18.6. The molecule has 0 aromatic heterocycles. The number of amides is 2. The summed E-state index contributed by atoms with van der Waals surface area (Å²) in [6.45, 7) is 2.70. The third kappa shape index (κ3) is 3.81. The van der Waals surface area contributed by atoms with Crippen LogP contribution in [0.3, 0.4) is 0 Å². The van der Waals surface area contributed by atoms with E-state index in [2.05, 4.69) is 12.2 Å². The van der Waals surface area contributed by atoms with E-state index in [-0.39, 0.29) is 11.6 Å². The SMILES string of the molecule is CC[C@@H]1CN(C(=O)Nc2cc(Cl)ccc2C(=O)OC)c2ccccc2S1. The third-order valence-electron chi connectivity index (χ3n) is 4.16. The quantitative estimate of drug-likeness (QED) is 0.745. The molecule has 2 aromatic rings. The molecule has 3 rings (SSSR count). The summed E-state index contributed by atoms with van der Waals surface area (Å²) in [4.78, 5) is 27.7. The lowest BCUT2D eigenvalue weighted by atomic mass is 10.1. The third-order valence-corrected chi connectivity index (χ3v) is 5.81. The molecule has 0 fully saturated rings. The number of carbonyl (C=O) groups is 2. The Hall–Kier alpha value is -2.18. The predicted molar refractivity (Wildman–Crippen MR) is 106 cm³/mol. The second-order valence-corrected chi connectivity index (χ2v) is 7.62. The second-order valence-electron chi connectivity index (χ2n) is 5.84. The number of nitrogens with zero attached hydrogens (tertiary/aromatic N) is 1. The van der Waals surface area contributed by atoms with E-state index in [1.807, 2.05) is 24.3 Å². The number of urea groups is 1. The van der Waals surface area contributed by atoms with Gasteiger partial charge in [-0.15, -0.1) is 11.8 Å². The van der Waals surface area contributed by atoms with Gasteiger partial charge >= 0.3 is 12.0 Å². The number of methoxy groups -OCH3 is 1. The van der Waals surface area contributed by atoms with Crippen molar-refractivity contribution in [1.82, 2.24) is 0 Å². The first-order valence-electron chi connectivity index (χ1n) is 8.25. The van der Waals surface area contributed by atoms with Crippen molar-refractivity contribution in [2.75, 3.05) is 23.9 Å². The molecule has 26 heavy (non-hydrogen) atoms. The monoisotopic (exact) mass is 390 g/mol. The molecular formula is C19H19ClN2O3S. The zero-order valence-corrected chi connectivity index (χ0v) is 16.1. The van der Waals surface area contributed by atoms with Gasteiger partial charge in [-0.25, -0.2) is 9.59 Å². The van der Waals surface area contributed by atoms with Crippen LogP contribution in [-0.2, 0) is 4.74 Å². The van der Waals surface area contributed by atoms with E-state index in [0.29, 0.717) is 22.5 Å². The molecule has 1 aliphatic heterocycles. The molecule has 1 N–H and O–H groups in total. The van der Waals surface area contributed by atoms with Gasteiger partial charge in [0, 0.05) is 21.7 Å². The van der Waals surface area contributed by atoms with Gasteiger partial charge in [-0.2, -0.15) is 0 Å². The van der Waals surface area contributed by atoms with Crippen molar-refractivity contribution < 1.29 is 14.3 Å². The largest absolute Gasteiger partial charge is 0.465 e. The van der Waals surface area contributed by atoms with E-state index in [1.165, 1.54) is 7.11 Å². The highest BCUT2D eigenvalue weighted by Crippen LogP contribution is 2.39. The molecule has 0 unspecified atom stereocenters. The Balaban J connectivity index is 1.91. The van der Waals surface area contributed by atoms with E-state index in [1.54, 1.807) is 34.9 Å². The minimum Gasteiger partial charge on any atom is -0.465 e. The Morgan fingerprint density at radius 3 is 2.81 bits per heavy atom. The van der Waals surface area contributed by atoms with Crippen molar-refractivity contribution in [3.8, 4) is 0 Å². The summed E-state index contributed by atoms with van der Waals surface area (Å²) in [5, 5.41) is 3.55. The van der Waals surface area contributed by atoms with Crippen LogP contribution in [0.2, 0.25) is 5.02 Å². The number of halogens is 1. The molecule has 136 valence electrons. The number of esters is 1. The highest BCUT2D eigenvalue weighted by atomic mass is 35.5. The van der Waals surface area contributed by atoms with Gasteiger partial charge in [0.1, 0.15) is 0 Å². The number of hydrogen-bond donors (Lipinski definition) is 1. The number of ether oxygens (including phenoxy) is 1. The zero-order chi connectivity index (χ0) is 18.7. The number of hydrogen-bond acceptors (Lipinski definition) is 4. The van der Waals surface area contributed by atoms with E-state index >= 15 is 0 Å². The maximum atomic E-state index is 13.0. The van der Waals surface area contributed by atoms with Crippen molar-refractivity contribution >= 4 is 46.7 Å². The molecule has 0 saturated carbocycles. The molecule has 0 spiro atoms. The van der Waals surface area contributed by atoms with E-state index in [0.717, 1.165) is 17.0 Å². The number of fused-ring (bicyclic) bond motifs is 1. The van der Waals surface area contributed by atoms with Gasteiger partial charge in [0.15, 0.2) is 0 Å². The summed E-state index contributed by atoms with van der Waals surface area (Å²) < 4.78 is 4.78. The fourth-order valence-corrected chi connectivity index (χ4v) is 4.17. The van der Waals surface area contributed by atoms with Crippen LogP contribution < -0.4 is 10.2 Å². The molecule has 0 radical (unpaired) electrons. The Labute approximate surface area is 161 Å². The Bertz CT molecular complexity index is 843. The topological polar surface area (TPSA) is 58.6 Å². The van der Waals surface area contributed by atoms with Gasteiger partial charge in [0.2, 0.25) is 0 Å². The molecule has 1 aliphatic rings. The first-order valence-corrected chi connectivity index (χ1v) is 9.51. The van der Waals surface area contributed by atoms with Crippen molar-refractivity contribution in [1.29, 1.82) is 0 Å². The van der Waals surface area contributed by atoms with E-state index < -0.39 is 5.97 Å². The van der Waals surface area contributed by atoms with E-state index in [4.69, 9.17) is 16.3 Å². The van der Waals surface area contributed by atoms with Gasteiger partial charge in [-0.05, 0) is 36.8 Å². The maximum absolute atomic E-state index is 13.0. The summed E-state index contributed by atoms with van der Waals surface area (Å²) in [5.41, 5.74) is 1.46. The molecule has 0 bridgehead atoms. The van der Waals surface area contributed by atoms with Crippen LogP contribution in [0.1, 0.15) is 23.7 Å². The average molecular weight is 391 g/mol. The number of para-hydroxylation sites is 1. The molecule has 5 nitrogen and oxygen atoms in total. The first-order chi connectivity index (χ1) is 12.5. The Morgan fingerprint density at radius 1 is 1.31 bits per heavy atom. The molecule has 1 atom stereocenters. The summed E-state index contributed by atoms with van der Waals surface area (Å²) in [7, 11) is 1.30. The predicted octanol–water partition coefficient (Wildman–Crippen LogP) is 5.05. The lowest BCUT2D eigenvalue weighted by Crippen LogP contribution is -2.42. The molecule has 0 saturated heterocycles. The van der Waals surface area contributed by atoms with Gasteiger partial charge in [0.25, 0.3) is 0 Å². The van der Waals surface area contributed by atoms with Crippen LogP contribution in [0.5, 0.6) is 0 Å². The fourth-order valence-electron chi connectivity index (χ4n) is 2.79. The van der Waals surface area contributed by atoms with E-state index in [9.17, 15) is 9.59 Å². The van der Waals surface area contributed by atoms with Crippen molar-refractivity contribution in [3.05, 3.63) is 53.1 Å². The number of benzene rings is 2. The summed E-state index contributed by atoms with van der Waals surface area (Å²) in [5.74, 6) is -0.530. The molecule has 0 aliphatic carbocycles. The molecular weight excluding hydrogens is 372 g/mol. The highest BCUT2D eigenvalue weighted by Gasteiger charge is 2.28. The average Bonchev–Trinajstić information content (AvgIpc) is 2.66. The highest BCUT2D eigenvalue weighted by molar-refractivity contribution is 8.00. The maximum Gasteiger partial charge on any atom is 0.339 e. The van der Waals surface area contributed by atoms with Crippen molar-refractivity contribution in [2.24, 2.45) is 0 Å². The Morgan fingerprint density at radius 2 is 2.08 bits per heavy atom. The number of anilines is 2. The second kappa shape index (κ2) is 8.01. The standard InChI is InChI=1S/C19H19ClN2O3S/c1-3-13-11-22(16-6-4-5-7-17(16)26-13)19(24)21-15-10-12(20)8-9-14(15)18(23)25-2/h4-10,13H,3,11H2,1-2H3,(H,21,24)/t13-/m1/s1. The van der Waals surface area contributed by atoms with Gasteiger partial charge in [0.05, 0.1) is 24.0 Å². The van der Waals surface area contributed by atoms with Gasteiger partial charge in [-0.3, -0.25) is 4.90 Å². The van der Waals surface area contributed by atoms with Crippen LogP contribution in [0, 0.1) is 0 Å².